The van der Waals surface area contributed by atoms with Crippen molar-refractivity contribution in [2.45, 2.75) is 19.3 Å². The molecule has 0 atom stereocenters. The lowest BCUT2D eigenvalue weighted by molar-refractivity contribution is -0.135. The molecule has 3 aromatic rings. The molecular weight excluding hydrogens is 437 g/mol. The molecule has 0 bridgehead atoms. The van der Waals surface area contributed by atoms with Crippen LogP contribution in [0.25, 0.3) is 0 Å². The number of hydrogen-bond donors (Lipinski definition) is 1. The first-order valence-corrected chi connectivity index (χ1v) is 11.2. The third kappa shape index (κ3) is 6.54. The average Bonchev–Trinajstić information content (AvgIpc) is 2.87. The van der Waals surface area contributed by atoms with E-state index in [4.69, 9.17) is 9.47 Å². The van der Waals surface area contributed by atoms with E-state index in [9.17, 15) is 14.0 Å². The zero-order chi connectivity index (χ0) is 23.8. The fraction of sp³-hybridized carbons (Fsp3) is 0.269. The minimum absolute atomic E-state index is 0.0377. The van der Waals surface area contributed by atoms with Crippen LogP contribution in [0.4, 0.5) is 10.1 Å². The molecule has 1 aliphatic rings. The molecule has 2 aromatic carbocycles. The fourth-order valence-electron chi connectivity index (χ4n) is 3.70. The zero-order valence-corrected chi connectivity index (χ0v) is 18.7. The van der Waals surface area contributed by atoms with Crippen molar-refractivity contribution in [3.8, 4) is 17.4 Å². The van der Waals surface area contributed by atoms with Crippen molar-refractivity contribution >= 4 is 17.5 Å². The summed E-state index contributed by atoms with van der Waals surface area (Å²) in [4.78, 5) is 31.1. The molecule has 0 unspecified atom stereocenters. The molecule has 34 heavy (non-hydrogen) atoms. The second-order valence-corrected chi connectivity index (χ2v) is 8.00. The fourth-order valence-corrected chi connectivity index (χ4v) is 3.70. The number of likely N-dealkylation sites (tertiary alicyclic amines) is 1. The average molecular weight is 464 g/mol. The van der Waals surface area contributed by atoms with Gasteiger partial charge in [0.05, 0.1) is 24.9 Å². The summed E-state index contributed by atoms with van der Waals surface area (Å²) in [5.74, 6) is 0.996. The lowest BCUT2D eigenvalue weighted by Crippen LogP contribution is -2.41. The number of halogens is 1. The summed E-state index contributed by atoms with van der Waals surface area (Å²) < 4.78 is 24.1. The van der Waals surface area contributed by atoms with Crippen molar-refractivity contribution in [2.75, 3.05) is 25.0 Å². The van der Waals surface area contributed by atoms with Crippen LogP contribution in [0, 0.1) is 11.7 Å². The van der Waals surface area contributed by atoms with Gasteiger partial charge in [0.25, 0.3) is 0 Å². The molecule has 0 saturated carbocycles. The van der Waals surface area contributed by atoms with Gasteiger partial charge < -0.3 is 19.7 Å². The Labute approximate surface area is 197 Å². The van der Waals surface area contributed by atoms with E-state index in [1.807, 2.05) is 30.3 Å². The Morgan fingerprint density at radius 1 is 0.971 bits per heavy atom. The van der Waals surface area contributed by atoms with Crippen molar-refractivity contribution in [3.63, 3.8) is 0 Å². The molecule has 1 fully saturated rings. The van der Waals surface area contributed by atoms with Gasteiger partial charge in [-0.3, -0.25) is 9.59 Å². The maximum Gasteiger partial charge on any atom is 0.227 e. The zero-order valence-electron chi connectivity index (χ0n) is 18.7. The van der Waals surface area contributed by atoms with E-state index in [-0.39, 0.29) is 23.5 Å². The van der Waals surface area contributed by atoms with Crippen LogP contribution < -0.4 is 14.8 Å². The normalized spacial score (nSPS) is 13.9. The largest absolute Gasteiger partial charge is 0.493 e. The summed E-state index contributed by atoms with van der Waals surface area (Å²) in [6, 6.07) is 18.4. The van der Waals surface area contributed by atoms with E-state index in [0.29, 0.717) is 56.3 Å². The molecule has 7 nitrogen and oxygen atoms in total. The number of amides is 2. The minimum Gasteiger partial charge on any atom is -0.493 e. The summed E-state index contributed by atoms with van der Waals surface area (Å²) >= 11 is 0. The molecule has 0 aliphatic carbocycles. The van der Waals surface area contributed by atoms with E-state index in [0.717, 1.165) is 5.75 Å². The Morgan fingerprint density at radius 3 is 2.38 bits per heavy atom. The Hall–Kier alpha value is -3.94. The van der Waals surface area contributed by atoms with Crippen molar-refractivity contribution in [2.24, 2.45) is 5.92 Å². The first-order chi connectivity index (χ1) is 16.6. The lowest BCUT2D eigenvalue weighted by atomic mass is 9.95. The maximum absolute atomic E-state index is 13.0. The Balaban J connectivity index is 1.19. The van der Waals surface area contributed by atoms with Gasteiger partial charge in [0.1, 0.15) is 17.3 Å². The van der Waals surface area contributed by atoms with E-state index >= 15 is 0 Å². The molecule has 1 aliphatic heterocycles. The Kier molecular flexibility index (Phi) is 7.70. The molecule has 2 amide bonds. The predicted molar refractivity (Wildman–Crippen MR) is 125 cm³/mol. The van der Waals surface area contributed by atoms with E-state index in [1.165, 1.54) is 30.5 Å². The maximum atomic E-state index is 13.0. The molecule has 1 N–H and O–H groups in total. The number of carbonyl (C=O) groups excluding carboxylic acids is 2. The van der Waals surface area contributed by atoms with Gasteiger partial charge in [0.15, 0.2) is 0 Å². The number of aromatic nitrogens is 1. The molecule has 4 rings (SSSR count). The van der Waals surface area contributed by atoms with E-state index in [1.54, 1.807) is 17.0 Å². The highest BCUT2D eigenvalue weighted by Gasteiger charge is 2.27. The third-order valence-electron chi connectivity index (χ3n) is 5.59. The summed E-state index contributed by atoms with van der Waals surface area (Å²) in [7, 11) is 0. The number of nitrogens with one attached hydrogen (secondary N) is 1. The number of nitrogens with zero attached hydrogens (tertiary/aromatic N) is 2. The van der Waals surface area contributed by atoms with Gasteiger partial charge in [-0.2, -0.15) is 0 Å². The van der Waals surface area contributed by atoms with Crippen molar-refractivity contribution in [1.82, 2.24) is 9.88 Å². The third-order valence-corrected chi connectivity index (χ3v) is 5.59. The highest BCUT2D eigenvalue weighted by molar-refractivity contribution is 5.92. The lowest BCUT2D eigenvalue weighted by Gasteiger charge is -2.31. The number of hydrogen-bond acceptors (Lipinski definition) is 5. The number of rotatable bonds is 8. The molecule has 1 saturated heterocycles. The number of piperidine rings is 1. The summed E-state index contributed by atoms with van der Waals surface area (Å²) in [5, 5.41) is 2.88. The first kappa shape index (κ1) is 23.2. The molecule has 0 spiro atoms. The second-order valence-electron chi connectivity index (χ2n) is 8.00. The van der Waals surface area contributed by atoms with Gasteiger partial charge in [-0.05, 0) is 55.3 Å². The number of anilines is 1. The molecule has 176 valence electrons. The van der Waals surface area contributed by atoms with E-state index < -0.39 is 0 Å². The summed E-state index contributed by atoms with van der Waals surface area (Å²) in [6.45, 7) is 1.42. The highest BCUT2D eigenvalue weighted by atomic mass is 19.1. The molecule has 8 heteroatoms. The molecule has 1 aromatic heterocycles. The van der Waals surface area contributed by atoms with Crippen LogP contribution in [0.1, 0.15) is 19.3 Å². The van der Waals surface area contributed by atoms with Crippen LogP contribution in [-0.4, -0.2) is 41.4 Å². The number of pyridine rings is 1. The van der Waals surface area contributed by atoms with Crippen molar-refractivity contribution in [1.29, 1.82) is 0 Å². The quantitative estimate of drug-likeness (QED) is 0.526. The Morgan fingerprint density at radius 2 is 1.71 bits per heavy atom. The standard InChI is InChI=1S/C26H26FN3O4/c27-20-6-9-23(10-7-20)34-24-11-8-21(18-28-24)29-26(32)19-12-15-30(16-13-19)25(31)14-17-33-22-4-2-1-3-5-22/h1-11,18-19H,12-17H2,(H,29,32). The predicted octanol–water partition coefficient (Wildman–Crippen LogP) is 4.66. The topological polar surface area (TPSA) is 80.8 Å². The number of ether oxygens (including phenoxy) is 2. The van der Waals surface area contributed by atoms with Gasteiger partial charge in [0, 0.05) is 25.1 Å². The SMILES string of the molecule is O=C(Nc1ccc(Oc2ccc(F)cc2)nc1)C1CCN(C(=O)CCOc2ccccc2)CC1. The van der Waals surface area contributed by atoms with Crippen LogP contribution in [0.15, 0.2) is 72.9 Å². The number of para-hydroxylation sites is 1. The molecular formula is C26H26FN3O4. The molecule has 0 radical (unpaired) electrons. The van der Waals surface area contributed by atoms with Crippen LogP contribution in [-0.2, 0) is 9.59 Å². The smallest absolute Gasteiger partial charge is 0.227 e. The van der Waals surface area contributed by atoms with Crippen molar-refractivity contribution < 1.29 is 23.5 Å². The van der Waals surface area contributed by atoms with Gasteiger partial charge in [0.2, 0.25) is 17.7 Å². The van der Waals surface area contributed by atoms with Gasteiger partial charge in [-0.1, -0.05) is 18.2 Å². The van der Waals surface area contributed by atoms with E-state index in [2.05, 4.69) is 10.3 Å². The first-order valence-electron chi connectivity index (χ1n) is 11.2. The van der Waals surface area contributed by atoms with Gasteiger partial charge in [-0.15, -0.1) is 0 Å². The summed E-state index contributed by atoms with van der Waals surface area (Å²) in [5.41, 5.74) is 0.563. The van der Waals surface area contributed by atoms with Crippen LogP contribution in [0.5, 0.6) is 17.4 Å². The van der Waals surface area contributed by atoms with Gasteiger partial charge in [-0.25, -0.2) is 9.37 Å². The second kappa shape index (κ2) is 11.3. The van der Waals surface area contributed by atoms with Crippen LogP contribution in [0.3, 0.4) is 0 Å². The highest BCUT2D eigenvalue weighted by Crippen LogP contribution is 2.23. The summed E-state index contributed by atoms with van der Waals surface area (Å²) in [6.07, 6.45) is 3.04. The molecule has 2 heterocycles. The minimum atomic E-state index is -0.342. The van der Waals surface area contributed by atoms with Gasteiger partial charge >= 0.3 is 0 Å². The Bertz CT molecular complexity index is 1080. The number of benzene rings is 2. The number of carbonyl (C=O) groups is 2. The van der Waals surface area contributed by atoms with Crippen molar-refractivity contribution in [3.05, 3.63) is 78.7 Å². The van der Waals surface area contributed by atoms with Crippen LogP contribution >= 0.6 is 0 Å². The monoisotopic (exact) mass is 463 g/mol. The van der Waals surface area contributed by atoms with Crippen LogP contribution in [0.2, 0.25) is 0 Å².